The molecule has 0 rings (SSSR count). The highest BCUT2D eigenvalue weighted by Gasteiger charge is 2.13. The van der Waals surface area contributed by atoms with Gasteiger partial charge in [-0.25, -0.2) is 0 Å². The van der Waals surface area contributed by atoms with Gasteiger partial charge in [0, 0.05) is 37.0 Å². The number of carbonyl (C=O) groups is 2. The Bertz CT molecular complexity index is 350. The molecule has 0 radical (unpaired) electrons. The molecule has 0 fully saturated rings. The lowest BCUT2D eigenvalue weighted by Crippen LogP contribution is -2.47. The molecule has 0 saturated carbocycles. The first kappa shape index (κ1) is 23.7. The summed E-state index contributed by atoms with van der Waals surface area (Å²) in [5.41, 5.74) is 10.4. The van der Waals surface area contributed by atoms with E-state index in [0.717, 1.165) is 0 Å². The molecule has 0 saturated heterocycles. The number of primary amides is 2. The van der Waals surface area contributed by atoms with Gasteiger partial charge in [-0.05, 0) is 25.9 Å². The third-order valence-electron chi connectivity index (χ3n) is 4.21. The normalized spacial score (nSPS) is 16.2. The zero-order valence-corrected chi connectivity index (χ0v) is 15.3. The van der Waals surface area contributed by atoms with Gasteiger partial charge in [0.05, 0.1) is 13.2 Å². The third-order valence-corrected chi connectivity index (χ3v) is 4.21. The van der Waals surface area contributed by atoms with Crippen LogP contribution in [-0.4, -0.2) is 73.5 Å². The van der Waals surface area contributed by atoms with E-state index in [2.05, 4.69) is 16.0 Å². The van der Waals surface area contributed by atoms with Gasteiger partial charge in [-0.1, -0.05) is 13.8 Å². The summed E-state index contributed by atoms with van der Waals surface area (Å²) in [4.78, 5) is 21.9. The number of aliphatic hydroxyl groups excluding tert-OH is 2. The summed E-state index contributed by atoms with van der Waals surface area (Å²) in [7, 11) is 0. The van der Waals surface area contributed by atoms with Crippen molar-refractivity contribution < 1.29 is 19.8 Å². The molecule has 0 aliphatic heterocycles. The number of nitrogens with two attached hydrogens (primary N) is 2. The highest BCUT2D eigenvalue weighted by atomic mass is 16.3. The molecule has 148 valence electrons. The second-order valence-electron chi connectivity index (χ2n) is 6.51. The van der Waals surface area contributed by atoms with Crippen LogP contribution in [0.15, 0.2) is 0 Å². The average molecular weight is 361 g/mol. The van der Waals surface area contributed by atoms with Crippen LogP contribution in [0, 0.1) is 11.8 Å². The maximum atomic E-state index is 11.0. The molecule has 0 spiro atoms. The first-order valence-electron chi connectivity index (χ1n) is 8.79. The summed E-state index contributed by atoms with van der Waals surface area (Å²) in [6.07, 6.45) is 1.23. The van der Waals surface area contributed by atoms with Crippen molar-refractivity contribution in [3.05, 3.63) is 0 Å². The summed E-state index contributed by atoms with van der Waals surface area (Å²) in [5, 5.41) is 28.3. The van der Waals surface area contributed by atoms with E-state index in [1.807, 2.05) is 0 Å². The number of nitrogens with one attached hydrogen (secondary N) is 3. The van der Waals surface area contributed by atoms with Crippen molar-refractivity contribution in [2.75, 3.05) is 39.4 Å². The SMILES string of the molecule is CC(CCNC(CO)CNCC(CO)NCCC(C)C(N)=O)C(N)=O. The summed E-state index contributed by atoms with van der Waals surface area (Å²) in [6, 6.07) is -0.288. The topological polar surface area (TPSA) is 163 Å². The third kappa shape index (κ3) is 11.8. The van der Waals surface area contributed by atoms with Crippen LogP contribution in [0.3, 0.4) is 0 Å². The van der Waals surface area contributed by atoms with Crippen molar-refractivity contribution in [1.82, 2.24) is 16.0 Å². The Hall–Kier alpha value is -1.26. The van der Waals surface area contributed by atoms with E-state index in [9.17, 15) is 19.8 Å². The summed E-state index contributed by atoms with van der Waals surface area (Å²) in [6.45, 7) is 5.69. The van der Waals surface area contributed by atoms with Crippen LogP contribution < -0.4 is 27.4 Å². The Balaban J connectivity index is 3.93. The number of carbonyl (C=O) groups excluding carboxylic acids is 2. The quantitative estimate of drug-likeness (QED) is 0.160. The average Bonchev–Trinajstić information content (AvgIpc) is 2.58. The van der Waals surface area contributed by atoms with Crippen LogP contribution in [0.2, 0.25) is 0 Å². The second kappa shape index (κ2) is 14.0. The Morgan fingerprint density at radius 3 is 1.48 bits per heavy atom. The molecule has 9 nitrogen and oxygen atoms in total. The van der Waals surface area contributed by atoms with E-state index in [4.69, 9.17) is 11.5 Å². The molecule has 25 heavy (non-hydrogen) atoms. The van der Waals surface area contributed by atoms with E-state index < -0.39 is 0 Å². The van der Waals surface area contributed by atoms with Crippen LogP contribution in [0.4, 0.5) is 0 Å². The van der Waals surface area contributed by atoms with Gasteiger partial charge < -0.3 is 37.6 Å². The molecular formula is C16H35N5O4. The standard InChI is InChI=1S/C16H35N5O4/c1-11(15(17)24)3-5-20-13(9-22)7-19-8-14(10-23)21-6-4-12(2)16(18)25/h11-14,19-23H,3-10H2,1-2H3,(H2,17,24)(H2,18,25). The molecule has 0 bridgehead atoms. The van der Waals surface area contributed by atoms with Gasteiger partial charge in [0.1, 0.15) is 0 Å². The molecule has 9 N–H and O–H groups in total. The Morgan fingerprint density at radius 1 is 0.840 bits per heavy atom. The molecular weight excluding hydrogens is 326 g/mol. The van der Waals surface area contributed by atoms with Crippen molar-refractivity contribution in [2.24, 2.45) is 23.3 Å². The lowest BCUT2D eigenvalue weighted by Gasteiger charge is -2.21. The fourth-order valence-corrected chi connectivity index (χ4v) is 2.13. The van der Waals surface area contributed by atoms with Gasteiger partial charge in [-0.3, -0.25) is 9.59 Å². The fraction of sp³-hybridized carbons (Fsp3) is 0.875. The molecule has 9 heteroatoms. The lowest BCUT2D eigenvalue weighted by molar-refractivity contribution is -0.122. The first-order chi connectivity index (χ1) is 11.8. The molecule has 0 aromatic rings. The zero-order valence-electron chi connectivity index (χ0n) is 15.3. The van der Waals surface area contributed by atoms with Crippen LogP contribution in [0.1, 0.15) is 26.7 Å². The van der Waals surface area contributed by atoms with Crippen LogP contribution in [0.5, 0.6) is 0 Å². The van der Waals surface area contributed by atoms with Crippen LogP contribution >= 0.6 is 0 Å². The maximum absolute atomic E-state index is 11.0. The molecule has 0 aliphatic rings. The van der Waals surface area contributed by atoms with Gasteiger partial charge in [0.25, 0.3) is 0 Å². The maximum Gasteiger partial charge on any atom is 0.220 e. The van der Waals surface area contributed by atoms with Crippen molar-refractivity contribution in [3.63, 3.8) is 0 Å². The second-order valence-corrected chi connectivity index (χ2v) is 6.51. The number of aliphatic hydroxyl groups is 2. The van der Waals surface area contributed by atoms with Crippen molar-refractivity contribution in [1.29, 1.82) is 0 Å². The van der Waals surface area contributed by atoms with Crippen molar-refractivity contribution in [2.45, 2.75) is 38.8 Å². The van der Waals surface area contributed by atoms with Gasteiger partial charge in [0.15, 0.2) is 0 Å². The highest BCUT2D eigenvalue weighted by Crippen LogP contribution is 1.99. The molecule has 0 aromatic heterocycles. The van der Waals surface area contributed by atoms with Crippen molar-refractivity contribution >= 4 is 11.8 Å². The number of amides is 2. The summed E-state index contributed by atoms with van der Waals surface area (Å²) >= 11 is 0. The minimum Gasteiger partial charge on any atom is -0.395 e. The van der Waals surface area contributed by atoms with E-state index in [0.29, 0.717) is 39.0 Å². The smallest absolute Gasteiger partial charge is 0.220 e. The molecule has 0 heterocycles. The van der Waals surface area contributed by atoms with Crippen LogP contribution in [0.25, 0.3) is 0 Å². The first-order valence-corrected chi connectivity index (χ1v) is 8.79. The Morgan fingerprint density at radius 2 is 1.20 bits per heavy atom. The van der Waals surface area contributed by atoms with E-state index in [1.54, 1.807) is 13.8 Å². The largest absolute Gasteiger partial charge is 0.395 e. The minimum absolute atomic E-state index is 0.0364. The predicted molar refractivity (Wildman–Crippen MR) is 96.6 cm³/mol. The summed E-state index contributed by atoms with van der Waals surface area (Å²) in [5.74, 6) is -1.07. The molecule has 4 atom stereocenters. The molecule has 0 aliphatic carbocycles. The minimum atomic E-state index is -0.331. The summed E-state index contributed by atoms with van der Waals surface area (Å²) < 4.78 is 0. The molecule has 0 aromatic carbocycles. The Kier molecular flexibility index (Phi) is 13.3. The van der Waals surface area contributed by atoms with E-state index in [1.165, 1.54) is 0 Å². The predicted octanol–water partition coefficient (Wildman–Crippen LogP) is -2.50. The van der Waals surface area contributed by atoms with Gasteiger partial charge in [-0.2, -0.15) is 0 Å². The van der Waals surface area contributed by atoms with Crippen molar-refractivity contribution in [3.8, 4) is 0 Å². The molecule has 2 amide bonds. The highest BCUT2D eigenvalue weighted by molar-refractivity contribution is 5.76. The fourth-order valence-electron chi connectivity index (χ4n) is 2.13. The number of hydrogen-bond acceptors (Lipinski definition) is 7. The lowest BCUT2D eigenvalue weighted by atomic mass is 10.1. The monoisotopic (exact) mass is 361 g/mol. The van der Waals surface area contributed by atoms with Crippen LogP contribution in [-0.2, 0) is 9.59 Å². The Labute approximate surface area is 149 Å². The molecule has 4 unspecified atom stereocenters. The van der Waals surface area contributed by atoms with E-state index in [-0.39, 0.29) is 48.9 Å². The van der Waals surface area contributed by atoms with Gasteiger partial charge in [0.2, 0.25) is 11.8 Å². The van der Waals surface area contributed by atoms with Gasteiger partial charge >= 0.3 is 0 Å². The zero-order chi connectivity index (χ0) is 19.2. The van der Waals surface area contributed by atoms with Gasteiger partial charge in [-0.15, -0.1) is 0 Å². The van der Waals surface area contributed by atoms with E-state index >= 15 is 0 Å². The number of hydrogen-bond donors (Lipinski definition) is 7. The number of rotatable bonds is 16.